The minimum Gasteiger partial charge on any atom is -0.483 e. The number of para-hydroxylation sites is 1. The normalized spacial score (nSPS) is 16.5. The van der Waals surface area contributed by atoms with Crippen molar-refractivity contribution in [3.63, 3.8) is 0 Å². The van der Waals surface area contributed by atoms with Crippen LogP contribution in [0.4, 0.5) is 0 Å². The number of amides is 1. The molecule has 2 aromatic carbocycles. The van der Waals surface area contributed by atoms with Gasteiger partial charge in [0.05, 0.1) is 6.04 Å². The summed E-state index contributed by atoms with van der Waals surface area (Å²) in [7, 11) is 0. The predicted octanol–water partition coefficient (Wildman–Crippen LogP) is 3.88. The van der Waals surface area contributed by atoms with E-state index in [-0.39, 0.29) is 18.6 Å². The molecule has 120 valence electrons. The van der Waals surface area contributed by atoms with Crippen LogP contribution in [0.5, 0.6) is 5.75 Å². The summed E-state index contributed by atoms with van der Waals surface area (Å²) < 4.78 is 5.75. The Labute approximate surface area is 137 Å². The number of ether oxygens (including phenoxy) is 1. The Morgan fingerprint density at radius 3 is 2.65 bits per heavy atom. The topological polar surface area (TPSA) is 38.3 Å². The largest absolute Gasteiger partial charge is 0.483 e. The quantitative estimate of drug-likeness (QED) is 0.931. The van der Waals surface area contributed by atoms with Crippen LogP contribution in [0.2, 0.25) is 0 Å². The zero-order chi connectivity index (χ0) is 16.2. The summed E-state index contributed by atoms with van der Waals surface area (Å²) in [4.78, 5) is 12.3. The third kappa shape index (κ3) is 3.55. The van der Waals surface area contributed by atoms with Gasteiger partial charge in [-0.3, -0.25) is 4.79 Å². The molecule has 0 saturated carbocycles. The smallest absolute Gasteiger partial charge is 0.258 e. The number of aryl methyl sites for hydroxylation is 3. The van der Waals surface area contributed by atoms with Crippen LogP contribution in [0.3, 0.4) is 0 Å². The van der Waals surface area contributed by atoms with Crippen LogP contribution in [-0.4, -0.2) is 12.5 Å². The fourth-order valence-electron chi connectivity index (χ4n) is 3.30. The first kappa shape index (κ1) is 15.6. The lowest BCUT2D eigenvalue weighted by Gasteiger charge is -2.26. The highest BCUT2D eigenvalue weighted by Gasteiger charge is 2.21. The van der Waals surface area contributed by atoms with Gasteiger partial charge in [-0.25, -0.2) is 0 Å². The molecule has 0 spiro atoms. The molecular weight excluding hydrogens is 286 g/mol. The molecule has 0 aliphatic heterocycles. The molecule has 23 heavy (non-hydrogen) atoms. The predicted molar refractivity (Wildman–Crippen MR) is 91.7 cm³/mol. The third-order valence-electron chi connectivity index (χ3n) is 4.46. The molecule has 1 atom stereocenters. The van der Waals surface area contributed by atoms with Crippen LogP contribution in [0.1, 0.15) is 41.1 Å². The number of fused-ring (bicyclic) bond motifs is 1. The number of rotatable bonds is 4. The first-order valence-corrected chi connectivity index (χ1v) is 8.21. The average Bonchev–Trinajstić information content (AvgIpc) is 2.55. The van der Waals surface area contributed by atoms with Crippen molar-refractivity contribution in [2.45, 2.75) is 39.2 Å². The molecule has 1 amide bonds. The second kappa shape index (κ2) is 6.86. The van der Waals surface area contributed by atoms with Crippen molar-refractivity contribution >= 4 is 5.91 Å². The highest BCUT2D eigenvalue weighted by atomic mass is 16.5. The van der Waals surface area contributed by atoms with Gasteiger partial charge >= 0.3 is 0 Å². The minimum absolute atomic E-state index is 0.0599. The van der Waals surface area contributed by atoms with Crippen LogP contribution >= 0.6 is 0 Å². The van der Waals surface area contributed by atoms with Gasteiger partial charge in [-0.15, -0.1) is 0 Å². The van der Waals surface area contributed by atoms with Crippen molar-refractivity contribution in [3.8, 4) is 5.75 Å². The fourth-order valence-corrected chi connectivity index (χ4v) is 3.30. The molecule has 1 unspecified atom stereocenters. The van der Waals surface area contributed by atoms with Gasteiger partial charge in [0.15, 0.2) is 6.61 Å². The molecule has 3 heteroatoms. The van der Waals surface area contributed by atoms with Crippen molar-refractivity contribution in [2.75, 3.05) is 6.61 Å². The van der Waals surface area contributed by atoms with Crippen LogP contribution in [0.15, 0.2) is 42.5 Å². The van der Waals surface area contributed by atoms with Crippen molar-refractivity contribution < 1.29 is 9.53 Å². The summed E-state index contributed by atoms with van der Waals surface area (Å²) in [5.74, 6) is 0.751. The summed E-state index contributed by atoms with van der Waals surface area (Å²) in [5.41, 5.74) is 4.71. The maximum Gasteiger partial charge on any atom is 0.258 e. The van der Waals surface area contributed by atoms with E-state index in [2.05, 4.69) is 23.5 Å². The molecule has 2 aromatic rings. The number of hydrogen-bond acceptors (Lipinski definition) is 2. The second-order valence-corrected chi connectivity index (χ2v) is 6.22. The monoisotopic (exact) mass is 309 g/mol. The minimum atomic E-state index is -0.0608. The average molecular weight is 309 g/mol. The lowest BCUT2D eigenvalue weighted by atomic mass is 9.88. The van der Waals surface area contributed by atoms with Gasteiger partial charge < -0.3 is 10.1 Å². The van der Waals surface area contributed by atoms with E-state index in [1.165, 1.54) is 11.1 Å². The number of benzene rings is 2. The van der Waals surface area contributed by atoms with Gasteiger partial charge in [0.2, 0.25) is 0 Å². The Morgan fingerprint density at radius 2 is 1.87 bits per heavy atom. The molecule has 1 aliphatic rings. The molecular formula is C20H23NO2. The highest BCUT2D eigenvalue weighted by Crippen LogP contribution is 2.29. The van der Waals surface area contributed by atoms with E-state index < -0.39 is 0 Å². The van der Waals surface area contributed by atoms with Crippen molar-refractivity contribution in [3.05, 3.63) is 64.7 Å². The molecule has 0 saturated heterocycles. The van der Waals surface area contributed by atoms with Crippen LogP contribution in [0.25, 0.3) is 0 Å². The summed E-state index contributed by atoms with van der Waals surface area (Å²) >= 11 is 0. The van der Waals surface area contributed by atoms with Crippen molar-refractivity contribution in [2.24, 2.45) is 0 Å². The lowest BCUT2D eigenvalue weighted by molar-refractivity contribution is -0.124. The van der Waals surface area contributed by atoms with Crippen LogP contribution in [-0.2, 0) is 11.2 Å². The van der Waals surface area contributed by atoms with Gasteiger partial charge in [0.1, 0.15) is 5.75 Å². The van der Waals surface area contributed by atoms with E-state index >= 15 is 0 Å². The van der Waals surface area contributed by atoms with Gasteiger partial charge in [0, 0.05) is 0 Å². The van der Waals surface area contributed by atoms with Crippen LogP contribution in [0, 0.1) is 13.8 Å². The van der Waals surface area contributed by atoms with E-state index in [1.807, 2.05) is 38.1 Å². The number of carbonyl (C=O) groups is 1. The van der Waals surface area contributed by atoms with Gasteiger partial charge in [-0.2, -0.15) is 0 Å². The van der Waals surface area contributed by atoms with E-state index in [9.17, 15) is 4.79 Å². The Kier molecular flexibility index (Phi) is 4.65. The number of hydrogen-bond donors (Lipinski definition) is 1. The molecule has 0 heterocycles. The maximum atomic E-state index is 12.3. The molecule has 3 rings (SSSR count). The Bertz CT molecular complexity index is 688. The van der Waals surface area contributed by atoms with Crippen molar-refractivity contribution in [1.82, 2.24) is 5.32 Å². The Hall–Kier alpha value is -2.29. The Morgan fingerprint density at radius 1 is 1.13 bits per heavy atom. The molecule has 1 aliphatic carbocycles. The van der Waals surface area contributed by atoms with Gasteiger partial charge in [0.25, 0.3) is 5.91 Å². The summed E-state index contributed by atoms with van der Waals surface area (Å²) in [6.45, 7) is 4.06. The van der Waals surface area contributed by atoms with Gasteiger partial charge in [-0.1, -0.05) is 42.5 Å². The van der Waals surface area contributed by atoms with E-state index in [1.54, 1.807) is 0 Å². The number of nitrogens with one attached hydrogen (secondary N) is 1. The second-order valence-electron chi connectivity index (χ2n) is 6.22. The standard InChI is InChI=1S/C20H23NO2/c1-14-7-5-8-15(2)20(14)23-13-19(22)21-18-12-6-10-16-9-3-4-11-17(16)18/h3-5,7-9,11,18H,6,10,12-13H2,1-2H3,(H,21,22). The van der Waals surface area contributed by atoms with Crippen LogP contribution < -0.4 is 10.1 Å². The Balaban J connectivity index is 1.63. The molecule has 0 bridgehead atoms. The maximum absolute atomic E-state index is 12.3. The lowest BCUT2D eigenvalue weighted by Crippen LogP contribution is -2.34. The molecule has 0 aromatic heterocycles. The van der Waals surface area contributed by atoms with E-state index in [4.69, 9.17) is 4.74 Å². The van der Waals surface area contributed by atoms with E-state index in [0.717, 1.165) is 36.1 Å². The summed E-state index contributed by atoms with van der Waals surface area (Å²) in [6.07, 6.45) is 3.20. The number of carbonyl (C=O) groups excluding carboxylic acids is 1. The van der Waals surface area contributed by atoms with Crippen molar-refractivity contribution in [1.29, 1.82) is 0 Å². The SMILES string of the molecule is Cc1cccc(C)c1OCC(=O)NC1CCCc2ccccc21. The zero-order valence-electron chi connectivity index (χ0n) is 13.8. The first-order chi connectivity index (χ1) is 11.1. The summed E-state index contributed by atoms with van der Waals surface area (Å²) in [5, 5.41) is 3.12. The summed E-state index contributed by atoms with van der Waals surface area (Å²) in [6, 6.07) is 14.5. The zero-order valence-corrected chi connectivity index (χ0v) is 13.8. The molecule has 0 fully saturated rings. The first-order valence-electron chi connectivity index (χ1n) is 8.21. The fraction of sp³-hybridized carbons (Fsp3) is 0.350. The molecule has 3 nitrogen and oxygen atoms in total. The molecule has 0 radical (unpaired) electrons. The highest BCUT2D eigenvalue weighted by molar-refractivity contribution is 5.78. The molecule has 1 N–H and O–H groups in total. The van der Waals surface area contributed by atoms with E-state index in [0.29, 0.717) is 0 Å². The third-order valence-corrected chi connectivity index (χ3v) is 4.46. The van der Waals surface area contributed by atoms with Gasteiger partial charge in [-0.05, 0) is 55.4 Å².